The Bertz CT molecular complexity index is 710. The summed E-state index contributed by atoms with van der Waals surface area (Å²) in [7, 11) is 4.81. The molecule has 0 aliphatic rings. The summed E-state index contributed by atoms with van der Waals surface area (Å²) >= 11 is 5.89. The molecule has 0 fully saturated rings. The standard InChI is InChI=1S/C14H15ClFN5O/c1-18-12-10(7-17)19-14(15)20-13(12)21(2)8-4-5-11(22-3)9(16)6-8/h4-7,17-18H,1-3H3. The predicted molar refractivity (Wildman–Crippen MR) is 85.5 cm³/mol. The second-order valence-corrected chi connectivity index (χ2v) is 4.69. The highest BCUT2D eigenvalue weighted by atomic mass is 35.5. The zero-order chi connectivity index (χ0) is 16.3. The van der Waals surface area contributed by atoms with Crippen molar-refractivity contribution in [3.63, 3.8) is 0 Å². The topological polar surface area (TPSA) is 74.1 Å². The molecule has 6 nitrogen and oxygen atoms in total. The van der Waals surface area contributed by atoms with Gasteiger partial charge in [-0.2, -0.15) is 4.98 Å². The lowest BCUT2D eigenvalue weighted by molar-refractivity contribution is 0.386. The minimum absolute atomic E-state index is 0.00772. The first-order valence-corrected chi connectivity index (χ1v) is 6.72. The molecule has 0 aliphatic heterocycles. The number of benzene rings is 1. The first-order chi connectivity index (χ1) is 10.5. The molecular formula is C14H15ClFN5O. The van der Waals surface area contributed by atoms with Crippen molar-refractivity contribution in [1.29, 1.82) is 5.41 Å². The number of rotatable bonds is 5. The molecule has 8 heteroatoms. The molecule has 0 atom stereocenters. The van der Waals surface area contributed by atoms with Crippen LogP contribution in [0.4, 0.5) is 21.6 Å². The van der Waals surface area contributed by atoms with Gasteiger partial charge in [0.15, 0.2) is 17.4 Å². The molecule has 116 valence electrons. The largest absolute Gasteiger partial charge is 0.494 e. The second-order valence-electron chi connectivity index (χ2n) is 4.35. The molecule has 22 heavy (non-hydrogen) atoms. The minimum atomic E-state index is -0.481. The summed E-state index contributed by atoms with van der Waals surface area (Å²) in [6, 6.07) is 4.56. The van der Waals surface area contributed by atoms with E-state index in [1.807, 2.05) is 0 Å². The van der Waals surface area contributed by atoms with E-state index in [1.54, 1.807) is 25.1 Å². The first kappa shape index (κ1) is 16.0. The summed E-state index contributed by atoms with van der Waals surface area (Å²) < 4.78 is 18.8. The van der Waals surface area contributed by atoms with Gasteiger partial charge in [-0.15, -0.1) is 0 Å². The Balaban J connectivity index is 2.53. The van der Waals surface area contributed by atoms with E-state index in [0.29, 0.717) is 22.9 Å². The van der Waals surface area contributed by atoms with Crippen LogP contribution in [0.3, 0.4) is 0 Å². The van der Waals surface area contributed by atoms with E-state index in [2.05, 4.69) is 15.3 Å². The fourth-order valence-electron chi connectivity index (χ4n) is 2.01. The molecule has 0 aliphatic carbocycles. The Morgan fingerprint density at radius 2 is 2.14 bits per heavy atom. The SMILES string of the molecule is CNc1c(C=N)nc(Cl)nc1N(C)c1ccc(OC)c(F)c1. The molecule has 0 saturated carbocycles. The van der Waals surface area contributed by atoms with Crippen LogP contribution in [0.1, 0.15) is 5.69 Å². The van der Waals surface area contributed by atoms with Gasteiger partial charge in [0, 0.05) is 32.1 Å². The Hall–Kier alpha value is -2.41. The van der Waals surface area contributed by atoms with Gasteiger partial charge >= 0.3 is 0 Å². The smallest absolute Gasteiger partial charge is 0.225 e. The van der Waals surface area contributed by atoms with Crippen LogP contribution in [0.25, 0.3) is 0 Å². The number of nitrogens with one attached hydrogen (secondary N) is 2. The van der Waals surface area contributed by atoms with Crippen LogP contribution in [0.2, 0.25) is 5.28 Å². The highest BCUT2D eigenvalue weighted by Gasteiger charge is 2.17. The molecule has 2 aromatic rings. The van der Waals surface area contributed by atoms with Gasteiger partial charge in [0.2, 0.25) is 5.28 Å². The third-order valence-corrected chi connectivity index (χ3v) is 3.29. The second kappa shape index (κ2) is 6.57. The van der Waals surface area contributed by atoms with Crippen molar-refractivity contribution in [3.05, 3.63) is 35.0 Å². The van der Waals surface area contributed by atoms with Gasteiger partial charge in [-0.25, -0.2) is 9.37 Å². The zero-order valence-corrected chi connectivity index (χ0v) is 13.1. The lowest BCUT2D eigenvalue weighted by Crippen LogP contribution is -2.16. The Kier molecular flexibility index (Phi) is 4.77. The lowest BCUT2D eigenvalue weighted by Gasteiger charge is -2.22. The van der Waals surface area contributed by atoms with E-state index in [9.17, 15) is 4.39 Å². The van der Waals surface area contributed by atoms with Gasteiger partial charge < -0.3 is 20.4 Å². The fourth-order valence-corrected chi connectivity index (χ4v) is 2.18. The van der Waals surface area contributed by atoms with Gasteiger partial charge in [-0.1, -0.05) is 0 Å². The Morgan fingerprint density at radius 3 is 2.68 bits per heavy atom. The predicted octanol–water partition coefficient (Wildman–Crippen LogP) is 3.08. The number of nitrogens with zero attached hydrogens (tertiary/aromatic N) is 3. The molecule has 0 radical (unpaired) electrons. The Labute approximate surface area is 132 Å². The number of anilines is 3. The van der Waals surface area contributed by atoms with Crippen molar-refractivity contribution in [2.24, 2.45) is 0 Å². The van der Waals surface area contributed by atoms with Crippen LogP contribution >= 0.6 is 11.6 Å². The highest BCUT2D eigenvalue weighted by Crippen LogP contribution is 2.33. The Morgan fingerprint density at radius 1 is 1.41 bits per heavy atom. The molecule has 0 unspecified atom stereocenters. The van der Waals surface area contributed by atoms with Crippen LogP contribution in [0, 0.1) is 11.2 Å². The summed E-state index contributed by atoms with van der Waals surface area (Å²) in [4.78, 5) is 9.78. The minimum Gasteiger partial charge on any atom is -0.494 e. The van der Waals surface area contributed by atoms with Crippen LogP contribution in [0.5, 0.6) is 5.75 Å². The average molecular weight is 324 g/mol. The molecule has 0 saturated heterocycles. The lowest BCUT2D eigenvalue weighted by atomic mass is 10.2. The van der Waals surface area contributed by atoms with Crippen molar-refractivity contribution < 1.29 is 9.13 Å². The molecular weight excluding hydrogens is 309 g/mol. The number of ether oxygens (including phenoxy) is 1. The number of halogens is 2. The normalized spacial score (nSPS) is 10.2. The molecule has 2 N–H and O–H groups in total. The van der Waals surface area contributed by atoms with E-state index in [-0.39, 0.29) is 11.0 Å². The zero-order valence-electron chi connectivity index (χ0n) is 12.3. The monoisotopic (exact) mass is 323 g/mol. The van der Waals surface area contributed by atoms with E-state index in [1.165, 1.54) is 19.2 Å². The van der Waals surface area contributed by atoms with Crippen molar-refractivity contribution in [2.75, 3.05) is 31.4 Å². The van der Waals surface area contributed by atoms with Crippen LogP contribution in [-0.2, 0) is 0 Å². The molecule has 0 bridgehead atoms. The van der Waals surface area contributed by atoms with E-state index in [4.69, 9.17) is 21.7 Å². The third kappa shape index (κ3) is 2.94. The van der Waals surface area contributed by atoms with Crippen molar-refractivity contribution in [1.82, 2.24) is 9.97 Å². The van der Waals surface area contributed by atoms with E-state index in [0.717, 1.165) is 6.21 Å². The van der Waals surface area contributed by atoms with Crippen LogP contribution < -0.4 is 15.0 Å². The fraction of sp³-hybridized carbons (Fsp3) is 0.214. The maximum Gasteiger partial charge on any atom is 0.225 e. The van der Waals surface area contributed by atoms with E-state index < -0.39 is 5.82 Å². The molecule has 0 amide bonds. The third-order valence-electron chi connectivity index (χ3n) is 3.12. The summed E-state index contributed by atoms with van der Waals surface area (Å²) in [5, 5.41) is 10.3. The van der Waals surface area contributed by atoms with Crippen molar-refractivity contribution in [2.45, 2.75) is 0 Å². The van der Waals surface area contributed by atoms with Gasteiger partial charge in [-0.3, -0.25) is 0 Å². The molecule has 2 rings (SSSR count). The van der Waals surface area contributed by atoms with Crippen molar-refractivity contribution in [3.8, 4) is 5.75 Å². The first-order valence-electron chi connectivity index (χ1n) is 6.34. The summed E-state index contributed by atoms with van der Waals surface area (Å²) in [6.07, 6.45) is 1.07. The number of hydrogen-bond acceptors (Lipinski definition) is 6. The molecule has 1 aromatic heterocycles. The van der Waals surface area contributed by atoms with Crippen LogP contribution in [-0.4, -0.2) is 37.4 Å². The van der Waals surface area contributed by atoms with Gasteiger partial charge in [0.1, 0.15) is 11.4 Å². The number of methoxy groups -OCH3 is 1. The number of aromatic nitrogens is 2. The average Bonchev–Trinajstić information content (AvgIpc) is 2.53. The van der Waals surface area contributed by atoms with E-state index >= 15 is 0 Å². The van der Waals surface area contributed by atoms with Crippen molar-refractivity contribution >= 4 is 35.0 Å². The summed E-state index contributed by atoms with van der Waals surface area (Å²) in [5.74, 6) is 0.114. The maximum atomic E-state index is 13.9. The quantitative estimate of drug-likeness (QED) is 0.653. The molecule has 1 aromatic carbocycles. The summed E-state index contributed by atoms with van der Waals surface area (Å²) in [5.41, 5.74) is 1.43. The van der Waals surface area contributed by atoms with Gasteiger partial charge in [0.05, 0.1) is 7.11 Å². The maximum absolute atomic E-state index is 13.9. The molecule has 1 heterocycles. The van der Waals surface area contributed by atoms with Gasteiger partial charge in [0.25, 0.3) is 0 Å². The molecule has 0 spiro atoms. The highest BCUT2D eigenvalue weighted by molar-refractivity contribution is 6.28. The van der Waals surface area contributed by atoms with Gasteiger partial charge in [-0.05, 0) is 23.7 Å². The van der Waals surface area contributed by atoms with Crippen LogP contribution in [0.15, 0.2) is 18.2 Å². The number of hydrogen-bond donors (Lipinski definition) is 2. The summed E-state index contributed by atoms with van der Waals surface area (Å²) in [6.45, 7) is 0.